The van der Waals surface area contributed by atoms with Crippen LogP contribution in [0.3, 0.4) is 0 Å². The Hall–Kier alpha value is -4.55. The monoisotopic (exact) mass is 502 g/mol. The quantitative estimate of drug-likeness (QED) is 0.422. The van der Waals surface area contributed by atoms with Crippen LogP contribution in [-0.4, -0.2) is 21.6 Å². The average molecular weight is 502 g/mol. The Labute approximate surface area is 202 Å². The zero-order valence-electron chi connectivity index (χ0n) is 19.1. The fourth-order valence-electron chi connectivity index (χ4n) is 3.53. The van der Waals surface area contributed by atoms with E-state index < -0.39 is 29.0 Å². The number of anilines is 2. The number of ether oxygens (including phenoxy) is 1. The molecule has 10 nitrogen and oxygen atoms in total. The Morgan fingerprint density at radius 1 is 1.19 bits per heavy atom. The van der Waals surface area contributed by atoms with Gasteiger partial charge in [0.25, 0.3) is 5.56 Å². The lowest BCUT2D eigenvalue weighted by Gasteiger charge is -2.20. The summed E-state index contributed by atoms with van der Waals surface area (Å²) in [5.41, 5.74) is -0.184. The number of nitrogens with one attached hydrogen (secondary N) is 4. The predicted molar refractivity (Wildman–Crippen MR) is 124 cm³/mol. The highest BCUT2D eigenvalue weighted by atomic mass is 19.4. The molecule has 3 heterocycles. The van der Waals surface area contributed by atoms with Crippen LogP contribution in [0.5, 0.6) is 11.5 Å². The predicted octanol–water partition coefficient (Wildman–Crippen LogP) is 3.86. The molecule has 0 unspecified atom stereocenters. The van der Waals surface area contributed by atoms with E-state index in [2.05, 4.69) is 26.3 Å². The fraction of sp³-hybridized carbons (Fsp3) is 0.217. The minimum Gasteiger partial charge on any atom is -0.457 e. The van der Waals surface area contributed by atoms with Crippen molar-refractivity contribution in [3.8, 4) is 11.5 Å². The number of carbonyl (C=O) groups excluding carboxylic acids is 2. The van der Waals surface area contributed by atoms with Crippen LogP contribution in [0, 0.1) is 6.92 Å². The first-order valence-corrected chi connectivity index (χ1v) is 10.6. The number of hydrogen-bond acceptors (Lipinski definition) is 5. The molecule has 4 N–H and O–H groups in total. The molecule has 1 aromatic carbocycles. The summed E-state index contributed by atoms with van der Waals surface area (Å²) >= 11 is 0. The van der Waals surface area contributed by atoms with Gasteiger partial charge in [0, 0.05) is 26.0 Å². The number of halogens is 3. The van der Waals surface area contributed by atoms with Gasteiger partial charge in [0.2, 0.25) is 0 Å². The van der Waals surface area contributed by atoms with Gasteiger partial charge in [0.05, 0.1) is 17.7 Å². The van der Waals surface area contributed by atoms with Crippen LogP contribution in [0.15, 0.2) is 47.5 Å². The molecule has 0 bridgehead atoms. The zero-order valence-corrected chi connectivity index (χ0v) is 19.1. The summed E-state index contributed by atoms with van der Waals surface area (Å²) in [6, 6.07) is 6.27. The van der Waals surface area contributed by atoms with Crippen LogP contribution in [-0.2, 0) is 26.3 Å². The normalized spacial score (nSPS) is 12.8. The molecule has 4 rings (SSSR count). The highest BCUT2D eigenvalue weighted by Crippen LogP contribution is 2.32. The molecule has 0 spiro atoms. The fourth-order valence-corrected chi connectivity index (χ4v) is 3.53. The molecule has 188 valence electrons. The lowest BCUT2D eigenvalue weighted by molar-refractivity contribution is -0.138. The van der Waals surface area contributed by atoms with Gasteiger partial charge in [-0.25, -0.2) is 14.6 Å². The topological polar surface area (TPSA) is 126 Å². The summed E-state index contributed by atoms with van der Waals surface area (Å²) in [6.45, 7) is 2.11. The lowest BCUT2D eigenvalue weighted by Crippen LogP contribution is -2.34. The van der Waals surface area contributed by atoms with Gasteiger partial charge in [-0.3, -0.25) is 10.1 Å². The average Bonchev–Trinajstić information content (AvgIpc) is 2.81. The number of rotatable bonds is 5. The first-order valence-electron chi connectivity index (χ1n) is 10.6. The van der Waals surface area contributed by atoms with Gasteiger partial charge in [-0.05, 0) is 36.2 Å². The van der Waals surface area contributed by atoms with E-state index in [1.54, 1.807) is 31.2 Å². The standard InChI is InChI=1S/C23H21F3N6O4/c1-12-7-13(3-4-17(12)36-18-5-6-27-19-15(18)10-29-22(35)31-19)9-28-21(34)30-16-8-14(23(24,25)26)11-32(2)20(16)33/h3-8,11H,9-10H2,1-2H3,(H2,28,30,34)(H2,27,29,31,35). The van der Waals surface area contributed by atoms with Gasteiger partial charge >= 0.3 is 18.2 Å². The van der Waals surface area contributed by atoms with Gasteiger partial charge in [-0.15, -0.1) is 0 Å². The van der Waals surface area contributed by atoms with Crippen molar-refractivity contribution in [1.29, 1.82) is 0 Å². The molecule has 4 amide bonds. The third kappa shape index (κ3) is 5.40. The Morgan fingerprint density at radius 3 is 2.69 bits per heavy atom. The number of amides is 4. The van der Waals surface area contributed by atoms with Crippen molar-refractivity contribution in [2.75, 3.05) is 10.6 Å². The van der Waals surface area contributed by atoms with Gasteiger partial charge in [0.15, 0.2) is 0 Å². The van der Waals surface area contributed by atoms with Gasteiger partial charge < -0.3 is 25.3 Å². The maximum atomic E-state index is 13.0. The second-order valence-corrected chi connectivity index (χ2v) is 8.01. The Bertz CT molecular complexity index is 1400. The lowest BCUT2D eigenvalue weighted by atomic mass is 10.1. The molecule has 0 aliphatic carbocycles. The van der Waals surface area contributed by atoms with E-state index in [1.807, 2.05) is 0 Å². The summed E-state index contributed by atoms with van der Waals surface area (Å²) in [4.78, 5) is 40.0. The van der Waals surface area contributed by atoms with Crippen molar-refractivity contribution >= 4 is 23.6 Å². The highest BCUT2D eigenvalue weighted by molar-refractivity contribution is 5.91. The molecule has 3 aromatic rings. The second-order valence-electron chi connectivity index (χ2n) is 8.01. The Kier molecular flexibility index (Phi) is 6.55. The number of alkyl halides is 3. The van der Waals surface area contributed by atoms with Crippen LogP contribution in [0.1, 0.15) is 22.3 Å². The summed E-state index contributed by atoms with van der Waals surface area (Å²) in [5, 5.41) is 9.96. The maximum absolute atomic E-state index is 13.0. The molecule has 0 atom stereocenters. The summed E-state index contributed by atoms with van der Waals surface area (Å²) in [6.07, 6.45) is -2.49. The van der Waals surface area contributed by atoms with E-state index in [4.69, 9.17) is 4.74 Å². The Balaban J connectivity index is 1.41. The maximum Gasteiger partial charge on any atom is 0.417 e. The summed E-state index contributed by atoms with van der Waals surface area (Å²) in [7, 11) is 1.17. The first kappa shape index (κ1) is 24.6. The number of hydrogen-bond donors (Lipinski definition) is 4. The number of urea groups is 2. The van der Waals surface area contributed by atoms with Crippen molar-refractivity contribution in [3.63, 3.8) is 0 Å². The molecular weight excluding hydrogens is 481 g/mol. The molecule has 0 radical (unpaired) electrons. The number of nitrogens with zero attached hydrogens (tertiary/aromatic N) is 2. The highest BCUT2D eigenvalue weighted by Gasteiger charge is 2.32. The molecular formula is C23H21F3N6O4. The van der Waals surface area contributed by atoms with E-state index >= 15 is 0 Å². The summed E-state index contributed by atoms with van der Waals surface area (Å²) < 4.78 is 45.8. The Morgan fingerprint density at radius 2 is 1.97 bits per heavy atom. The van der Waals surface area contributed by atoms with Crippen LogP contribution in [0.4, 0.5) is 34.3 Å². The molecule has 13 heteroatoms. The van der Waals surface area contributed by atoms with E-state index in [0.29, 0.717) is 40.7 Å². The SMILES string of the molecule is Cc1cc(CNC(=O)Nc2cc(C(F)(F)F)cn(C)c2=O)ccc1Oc1ccnc2c1CNC(=O)N2. The first-order chi connectivity index (χ1) is 17.0. The molecule has 36 heavy (non-hydrogen) atoms. The number of aryl methyl sites for hydroxylation is 2. The molecule has 2 aromatic heterocycles. The molecule has 1 aliphatic heterocycles. The number of carbonyl (C=O) groups is 2. The van der Waals surface area contributed by atoms with Crippen LogP contribution < -0.4 is 31.6 Å². The van der Waals surface area contributed by atoms with Crippen LogP contribution in [0.25, 0.3) is 0 Å². The smallest absolute Gasteiger partial charge is 0.417 e. The summed E-state index contributed by atoms with van der Waals surface area (Å²) in [5.74, 6) is 1.47. The van der Waals surface area contributed by atoms with Crippen molar-refractivity contribution < 1.29 is 27.5 Å². The zero-order chi connectivity index (χ0) is 26.0. The van der Waals surface area contributed by atoms with Crippen LogP contribution in [0.2, 0.25) is 0 Å². The second kappa shape index (κ2) is 9.60. The molecule has 0 saturated heterocycles. The van der Waals surface area contributed by atoms with Crippen molar-refractivity contribution in [2.24, 2.45) is 7.05 Å². The van der Waals surface area contributed by atoms with Gasteiger partial charge in [-0.2, -0.15) is 13.2 Å². The van der Waals surface area contributed by atoms with Crippen molar-refractivity contribution in [2.45, 2.75) is 26.2 Å². The van der Waals surface area contributed by atoms with E-state index in [-0.39, 0.29) is 19.1 Å². The van der Waals surface area contributed by atoms with Gasteiger partial charge in [-0.1, -0.05) is 12.1 Å². The number of pyridine rings is 2. The number of aromatic nitrogens is 2. The largest absolute Gasteiger partial charge is 0.457 e. The molecule has 1 aliphatic rings. The van der Waals surface area contributed by atoms with E-state index in [0.717, 1.165) is 10.1 Å². The van der Waals surface area contributed by atoms with Crippen molar-refractivity contribution in [3.05, 3.63) is 75.3 Å². The van der Waals surface area contributed by atoms with E-state index in [9.17, 15) is 27.6 Å². The molecule has 0 fully saturated rings. The van der Waals surface area contributed by atoms with Gasteiger partial charge in [0.1, 0.15) is 23.0 Å². The number of benzene rings is 1. The van der Waals surface area contributed by atoms with Crippen molar-refractivity contribution in [1.82, 2.24) is 20.2 Å². The minimum atomic E-state index is -4.67. The minimum absolute atomic E-state index is 0.0484. The van der Waals surface area contributed by atoms with E-state index in [1.165, 1.54) is 13.2 Å². The number of fused-ring (bicyclic) bond motifs is 1. The van der Waals surface area contributed by atoms with Crippen LogP contribution >= 0.6 is 0 Å². The third-order valence-corrected chi connectivity index (χ3v) is 5.34. The third-order valence-electron chi connectivity index (χ3n) is 5.34. The molecule has 0 saturated carbocycles.